The van der Waals surface area contributed by atoms with Gasteiger partial charge in [0.25, 0.3) is 0 Å². The van der Waals surface area contributed by atoms with Crippen LogP contribution in [0.5, 0.6) is 0 Å². The average Bonchev–Trinajstić information content (AvgIpc) is 1.95. The maximum atomic E-state index is 10.6. The number of hydrogen-bond donors (Lipinski definition) is 1. The fraction of sp³-hybridized carbons (Fsp3) is 0.750. The summed E-state index contributed by atoms with van der Waals surface area (Å²) < 4.78 is 22.4. The van der Waals surface area contributed by atoms with E-state index in [-0.39, 0.29) is 5.75 Å². The summed E-state index contributed by atoms with van der Waals surface area (Å²) in [6, 6.07) is 0. The van der Waals surface area contributed by atoms with Crippen LogP contribution in [0.2, 0.25) is 0 Å². The van der Waals surface area contributed by atoms with Gasteiger partial charge in [-0.1, -0.05) is 0 Å². The van der Waals surface area contributed by atoms with Crippen molar-refractivity contribution < 1.29 is 8.42 Å². The van der Waals surface area contributed by atoms with Gasteiger partial charge >= 0.3 is 0 Å². The standard InChI is InChI=1S/C8H17IN2O2S/c1-11(2)7-8(9)5-3-4-6-14(10,12)13/h7H,3-6H2,1-2H3,(H2,10,12,13). The van der Waals surface area contributed by atoms with Crippen molar-refractivity contribution in [2.45, 2.75) is 19.3 Å². The third-order valence-corrected chi connectivity index (χ3v) is 3.17. The highest BCUT2D eigenvalue weighted by Gasteiger charge is 2.02. The van der Waals surface area contributed by atoms with E-state index in [2.05, 4.69) is 22.6 Å². The zero-order valence-corrected chi connectivity index (χ0v) is 11.5. The van der Waals surface area contributed by atoms with Crippen LogP contribution in [0.1, 0.15) is 19.3 Å². The molecule has 0 aromatic rings. The van der Waals surface area contributed by atoms with E-state index in [0.29, 0.717) is 6.42 Å². The molecule has 6 heteroatoms. The van der Waals surface area contributed by atoms with Gasteiger partial charge in [0.05, 0.1) is 5.75 Å². The zero-order chi connectivity index (χ0) is 11.2. The molecule has 0 aliphatic rings. The van der Waals surface area contributed by atoms with Crippen LogP contribution in [0.3, 0.4) is 0 Å². The largest absolute Gasteiger partial charge is 0.383 e. The van der Waals surface area contributed by atoms with E-state index >= 15 is 0 Å². The summed E-state index contributed by atoms with van der Waals surface area (Å²) in [6.45, 7) is 0. The number of nitrogens with two attached hydrogens (primary N) is 1. The summed E-state index contributed by atoms with van der Waals surface area (Å²) in [5.74, 6) is 0.0822. The Balaban J connectivity index is 3.66. The number of nitrogens with zero attached hydrogens (tertiary/aromatic N) is 1. The number of hydrogen-bond acceptors (Lipinski definition) is 3. The first-order valence-electron chi connectivity index (χ1n) is 4.34. The van der Waals surface area contributed by atoms with E-state index in [0.717, 1.165) is 12.8 Å². The summed E-state index contributed by atoms with van der Waals surface area (Å²) in [5, 5.41) is 4.88. The minimum absolute atomic E-state index is 0.0822. The van der Waals surface area contributed by atoms with Crippen molar-refractivity contribution in [2.75, 3.05) is 19.8 Å². The van der Waals surface area contributed by atoms with Crippen molar-refractivity contribution in [3.63, 3.8) is 0 Å². The van der Waals surface area contributed by atoms with Crippen molar-refractivity contribution in [1.29, 1.82) is 0 Å². The van der Waals surface area contributed by atoms with Gasteiger partial charge < -0.3 is 4.90 Å². The molecule has 84 valence electrons. The molecule has 0 heterocycles. The van der Waals surface area contributed by atoms with E-state index in [1.165, 1.54) is 3.58 Å². The summed E-state index contributed by atoms with van der Waals surface area (Å²) in [7, 11) is 0.645. The van der Waals surface area contributed by atoms with E-state index in [1.54, 1.807) is 0 Å². The third kappa shape index (κ3) is 10.3. The number of primary sulfonamides is 1. The molecule has 0 fully saturated rings. The second-order valence-corrected chi connectivity index (χ2v) is 6.48. The topological polar surface area (TPSA) is 63.4 Å². The predicted molar refractivity (Wildman–Crippen MR) is 67.6 cm³/mol. The van der Waals surface area contributed by atoms with Crippen molar-refractivity contribution >= 4 is 32.6 Å². The van der Waals surface area contributed by atoms with Crippen LogP contribution >= 0.6 is 22.6 Å². The maximum absolute atomic E-state index is 10.6. The van der Waals surface area contributed by atoms with E-state index in [1.807, 2.05) is 25.2 Å². The quantitative estimate of drug-likeness (QED) is 0.589. The zero-order valence-electron chi connectivity index (χ0n) is 8.53. The van der Waals surface area contributed by atoms with E-state index in [9.17, 15) is 8.42 Å². The molecule has 0 unspecified atom stereocenters. The van der Waals surface area contributed by atoms with Crippen LogP contribution in [-0.4, -0.2) is 33.2 Å². The molecule has 0 aliphatic heterocycles. The van der Waals surface area contributed by atoms with Gasteiger partial charge in [-0.25, -0.2) is 13.6 Å². The highest BCUT2D eigenvalue weighted by molar-refractivity contribution is 14.1. The maximum Gasteiger partial charge on any atom is 0.209 e. The molecule has 0 aromatic heterocycles. The number of sulfonamides is 1. The van der Waals surface area contributed by atoms with Gasteiger partial charge in [0.2, 0.25) is 10.0 Å². The second kappa shape index (κ2) is 6.62. The molecule has 0 aromatic carbocycles. The average molecular weight is 332 g/mol. The van der Waals surface area contributed by atoms with Crippen LogP contribution in [-0.2, 0) is 10.0 Å². The van der Waals surface area contributed by atoms with Gasteiger partial charge in [0.1, 0.15) is 0 Å². The molecule has 0 radical (unpaired) electrons. The SMILES string of the molecule is CN(C)C=C(I)CCCCS(N)(=O)=O. The van der Waals surface area contributed by atoms with Crippen LogP contribution in [0.15, 0.2) is 9.78 Å². The highest BCUT2D eigenvalue weighted by Crippen LogP contribution is 2.15. The van der Waals surface area contributed by atoms with Crippen molar-refractivity contribution in [3.8, 4) is 0 Å². The minimum atomic E-state index is -3.28. The first-order valence-corrected chi connectivity index (χ1v) is 7.14. The molecule has 0 rings (SSSR count). The Morgan fingerprint density at radius 1 is 1.43 bits per heavy atom. The molecule has 2 N–H and O–H groups in total. The molecule has 14 heavy (non-hydrogen) atoms. The summed E-state index contributed by atoms with van der Waals surface area (Å²) in [5.41, 5.74) is 0. The van der Waals surface area contributed by atoms with Crippen LogP contribution < -0.4 is 5.14 Å². The van der Waals surface area contributed by atoms with Crippen LogP contribution in [0.4, 0.5) is 0 Å². The number of rotatable bonds is 6. The molecular formula is C8H17IN2O2S. The lowest BCUT2D eigenvalue weighted by molar-refractivity contribution is 0.559. The third-order valence-electron chi connectivity index (χ3n) is 1.49. The first kappa shape index (κ1) is 14.2. The molecule has 0 spiro atoms. The Hall–Kier alpha value is 0.180. The number of allylic oxidation sites excluding steroid dienone is 1. The molecule has 0 saturated heterocycles. The lowest BCUT2D eigenvalue weighted by atomic mass is 10.2. The van der Waals surface area contributed by atoms with Crippen molar-refractivity contribution in [1.82, 2.24) is 4.90 Å². The molecule has 0 amide bonds. The molecule has 0 atom stereocenters. The molecule has 4 nitrogen and oxygen atoms in total. The van der Waals surface area contributed by atoms with Gasteiger partial charge in [0.15, 0.2) is 0 Å². The Morgan fingerprint density at radius 2 is 2.00 bits per heavy atom. The Morgan fingerprint density at radius 3 is 2.43 bits per heavy atom. The minimum Gasteiger partial charge on any atom is -0.383 e. The fourth-order valence-corrected chi connectivity index (χ4v) is 2.49. The Kier molecular flexibility index (Phi) is 6.71. The van der Waals surface area contributed by atoms with Gasteiger partial charge in [-0.3, -0.25) is 0 Å². The molecular weight excluding hydrogens is 315 g/mol. The highest BCUT2D eigenvalue weighted by atomic mass is 127. The van der Waals surface area contributed by atoms with Crippen molar-refractivity contribution in [3.05, 3.63) is 9.78 Å². The fourth-order valence-electron chi connectivity index (χ4n) is 0.942. The summed E-state index contributed by atoms with van der Waals surface area (Å²) >= 11 is 2.26. The van der Waals surface area contributed by atoms with Gasteiger partial charge in [0, 0.05) is 23.9 Å². The van der Waals surface area contributed by atoms with Gasteiger partial charge in [-0.05, 0) is 41.9 Å². The van der Waals surface area contributed by atoms with Crippen LogP contribution in [0, 0.1) is 0 Å². The van der Waals surface area contributed by atoms with E-state index < -0.39 is 10.0 Å². The van der Waals surface area contributed by atoms with E-state index in [4.69, 9.17) is 5.14 Å². The second-order valence-electron chi connectivity index (χ2n) is 3.36. The smallest absolute Gasteiger partial charge is 0.209 e. The number of halogens is 1. The molecule has 0 aliphatic carbocycles. The summed E-state index contributed by atoms with van der Waals surface area (Å²) in [4.78, 5) is 1.97. The lowest BCUT2D eigenvalue weighted by Gasteiger charge is -2.06. The monoisotopic (exact) mass is 332 g/mol. The number of unbranched alkanes of at least 4 members (excludes halogenated alkanes) is 1. The normalized spacial score (nSPS) is 13.0. The lowest BCUT2D eigenvalue weighted by Crippen LogP contribution is -2.16. The molecule has 0 saturated carbocycles. The Labute approximate surface area is 99.7 Å². The van der Waals surface area contributed by atoms with Crippen LogP contribution in [0.25, 0.3) is 0 Å². The summed E-state index contributed by atoms with van der Waals surface area (Å²) in [6.07, 6.45) is 4.43. The molecule has 0 bridgehead atoms. The Bertz CT molecular complexity index is 286. The first-order chi connectivity index (χ1) is 6.31. The van der Waals surface area contributed by atoms with Gasteiger partial charge in [-0.15, -0.1) is 0 Å². The predicted octanol–water partition coefficient (Wildman–Crippen LogP) is 1.28. The van der Waals surface area contributed by atoms with Crippen molar-refractivity contribution in [2.24, 2.45) is 5.14 Å². The van der Waals surface area contributed by atoms with Gasteiger partial charge in [-0.2, -0.15) is 0 Å².